The van der Waals surface area contributed by atoms with Crippen LogP contribution >= 0.6 is 0 Å². The number of nitrogens with one attached hydrogen (secondary N) is 1. The van der Waals surface area contributed by atoms with Gasteiger partial charge in [-0.3, -0.25) is 4.79 Å². The minimum Gasteiger partial charge on any atom is -0.493 e. The molecule has 0 spiro atoms. The highest BCUT2D eigenvalue weighted by molar-refractivity contribution is 5.94. The lowest BCUT2D eigenvalue weighted by molar-refractivity contribution is 0.0740. The fraction of sp³-hybridized carbons (Fsp3) is 0.333. The molecule has 2 heterocycles. The van der Waals surface area contributed by atoms with E-state index in [0.717, 1.165) is 31.2 Å². The van der Waals surface area contributed by atoms with Crippen LogP contribution < -0.4 is 5.32 Å². The van der Waals surface area contributed by atoms with Crippen molar-refractivity contribution in [2.45, 2.75) is 25.7 Å². The van der Waals surface area contributed by atoms with E-state index in [1.54, 1.807) is 43.5 Å². The van der Waals surface area contributed by atoms with Gasteiger partial charge in [0.05, 0.1) is 35.6 Å². The normalized spacial score (nSPS) is 14.8. The van der Waals surface area contributed by atoms with Crippen molar-refractivity contribution in [3.63, 3.8) is 0 Å². The van der Waals surface area contributed by atoms with Crippen LogP contribution in [0.25, 0.3) is 16.9 Å². The van der Waals surface area contributed by atoms with Gasteiger partial charge in [0.2, 0.25) is 5.88 Å². The largest absolute Gasteiger partial charge is 0.493 e. The molecule has 0 bridgehead atoms. The summed E-state index contributed by atoms with van der Waals surface area (Å²) in [5.41, 5.74) is 2.26. The first-order valence-electron chi connectivity index (χ1n) is 10.6. The highest BCUT2D eigenvalue weighted by atomic mass is 16.5. The standard InChI is InChI=1S/C24H25N5O3/c1-32-16-24(10-2-3-11-24)15-27-22(30)19-8-9-21(26-13-19)29-23(31)20(14-28-29)18-6-4-17(12-25)5-7-18/h4-9,13-14,31H,2-3,10-11,15-16H2,1H3,(H,27,30). The predicted molar refractivity (Wildman–Crippen MR) is 118 cm³/mol. The van der Waals surface area contributed by atoms with Gasteiger partial charge in [0, 0.05) is 25.3 Å². The number of hydrogen-bond donors (Lipinski definition) is 2. The number of benzene rings is 1. The summed E-state index contributed by atoms with van der Waals surface area (Å²) in [6.07, 6.45) is 7.44. The smallest absolute Gasteiger partial charge is 0.252 e. The molecule has 1 fully saturated rings. The summed E-state index contributed by atoms with van der Waals surface area (Å²) in [5, 5.41) is 26.8. The van der Waals surface area contributed by atoms with Crippen molar-refractivity contribution in [2.75, 3.05) is 20.3 Å². The molecule has 32 heavy (non-hydrogen) atoms. The summed E-state index contributed by atoms with van der Waals surface area (Å²) in [5.74, 6) is 0.141. The molecule has 0 unspecified atom stereocenters. The van der Waals surface area contributed by atoms with Gasteiger partial charge >= 0.3 is 0 Å². The Kier molecular flexibility index (Phi) is 6.19. The molecule has 0 saturated heterocycles. The van der Waals surface area contributed by atoms with E-state index in [1.807, 2.05) is 0 Å². The lowest BCUT2D eigenvalue weighted by atomic mass is 9.87. The van der Waals surface area contributed by atoms with E-state index < -0.39 is 0 Å². The summed E-state index contributed by atoms with van der Waals surface area (Å²) in [4.78, 5) is 16.9. The summed E-state index contributed by atoms with van der Waals surface area (Å²) < 4.78 is 6.68. The average molecular weight is 431 g/mol. The van der Waals surface area contributed by atoms with E-state index in [9.17, 15) is 9.90 Å². The van der Waals surface area contributed by atoms with Gasteiger partial charge in [-0.2, -0.15) is 15.0 Å². The Bertz CT molecular complexity index is 1120. The maximum atomic E-state index is 12.6. The molecule has 8 nitrogen and oxygen atoms in total. The van der Waals surface area contributed by atoms with E-state index in [4.69, 9.17) is 10.00 Å². The van der Waals surface area contributed by atoms with Gasteiger partial charge in [0.15, 0.2) is 5.82 Å². The molecule has 1 aromatic carbocycles. The van der Waals surface area contributed by atoms with Crippen LogP contribution in [0, 0.1) is 16.7 Å². The first kappa shape index (κ1) is 21.5. The van der Waals surface area contributed by atoms with Crippen molar-refractivity contribution >= 4 is 5.91 Å². The Balaban J connectivity index is 1.46. The van der Waals surface area contributed by atoms with Crippen LogP contribution in [-0.4, -0.2) is 46.0 Å². The number of ether oxygens (including phenoxy) is 1. The predicted octanol–water partition coefficient (Wildman–Crippen LogP) is 3.45. The van der Waals surface area contributed by atoms with Crippen molar-refractivity contribution in [1.29, 1.82) is 5.26 Å². The van der Waals surface area contributed by atoms with Crippen molar-refractivity contribution in [1.82, 2.24) is 20.1 Å². The van der Waals surface area contributed by atoms with Gasteiger partial charge in [0.25, 0.3) is 5.91 Å². The third-order valence-corrected chi connectivity index (χ3v) is 6.03. The zero-order valence-electron chi connectivity index (χ0n) is 17.9. The summed E-state index contributed by atoms with van der Waals surface area (Å²) in [7, 11) is 1.70. The molecule has 1 aliphatic carbocycles. The van der Waals surface area contributed by atoms with Crippen LogP contribution in [0.3, 0.4) is 0 Å². The Hall–Kier alpha value is -3.70. The number of nitriles is 1. The molecule has 2 N–H and O–H groups in total. The second kappa shape index (κ2) is 9.20. The number of nitrogens with zero attached hydrogens (tertiary/aromatic N) is 4. The molecule has 164 valence electrons. The molecule has 0 radical (unpaired) electrons. The number of rotatable bonds is 7. The van der Waals surface area contributed by atoms with Crippen LogP contribution in [-0.2, 0) is 4.74 Å². The Morgan fingerprint density at radius 1 is 1.22 bits per heavy atom. The first-order chi connectivity index (χ1) is 15.5. The molecule has 0 atom stereocenters. The van der Waals surface area contributed by atoms with Crippen LogP contribution in [0.4, 0.5) is 0 Å². The van der Waals surface area contributed by atoms with E-state index >= 15 is 0 Å². The fourth-order valence-electron chi connectivity index (χ4n) is 4.26. The average Bonchev–Trinajstić information content (AvgIpc) is 3.45. The quantitative estimate of drug-likeness (QED) is 0.592. The number of aromatic nitrogens is 3. The Labute approximate surface area is 186 Å². The third kappa shape index (κ3) is 4.34. The topological polar surface area (TPSA) is 113 Å². The molecule has 2 aromatic heterocycles. The monoisotopic (exact) mass is 431 g/mol. The van der Waals surface area contributed by atoms with Crippen LogP contribution in [0.5, 0.6) is 5.88 Å². The van der Waals surface area contributed by atoms with Crippen LogP contribution in [0.1, 0.15) is 41.6 Å². The van der Waals surface area contributed by atoms with E-state index in [2.05, 4.69) is 21.5 Å². The summed E-state index contributed by atoms with van der Waals surface area (Å²) in [6.45, 7) is 1.22. The highest BCUT2D eigenvalue weighted by Crippen LogP contribution is 2.37. The SMILES string of the molecule is COCC1(CNC(=O)c2ccc(-n3ncc(-c4ccc(C#N)cc4)c3O)nc2)CCCC1. The molecular weight excluding hydrogens is 406 g/mol. The van der Waals surface area contributed by atoms with Gasteiger partial charge in [-0.1, -0.05) is 25.0 Å². The van der Waals surface area contributed by atoms with Gasteiger partial charge in [-0.15, -0.1) is 0 Å². The lowest BCUT2D eigenvalue weighted by Crippen LogP contribution is -2.38. The van der Waals surface area contributed by atoms with Gasteiger partial charge in [-0.25, -0.2) is 4.98 Å². The highest BCUT2D eigenvalue weighted by Gasteiger charge is 2.34. The zero-order valence-corrected chi connectivity index (χ0v) is 17.9. The molecular formula is C24H25N5O3. The molecule has 0 aliphatic heterocycles. The lowest BCUT2D eigenvalue weighted by Gasteiger charge is -2.28. The minimum atomic E-state index is -0.186. The van der Waals surface area contributed by atoms with E-state index in [-0.39, 0.29) is 17.2 Å². The van der Waals surface area contributed by atoms with Crippen LogP contribution in [0.15, 0.2) is 48.8 Å². The molecule has 4 rings (SSSR count). The molecule has 3 aromatic rings. The second-order valence-corrected chi connectivity index (χ2v) is 8.21. The maximum absolute atomic E-state index is 12.6. The van der Waals surface area contributed by atoms with Gasteiger partial charge < -0.3 is 15.2 Å². The molecule has 8 heteroatoms. The number of hydrogen-bond acceptors (Lipinski definition) is 6. The van der Waals surface area contributed by atoms with Crippen molar-refractivity contribution < 1.29 is 14.6 Å². The van der Waals surface area contributed by atoms with Gasteiger partial charge in [0.1, 0.15) is 0 Å². The van der Waals surface area contributed by atoms with E-state index in [0.29, 0.717) is 35.7 Å². The van der Waals surface area contributed by atoms with E-state index in [1.165, 1.54) is 17.1 Å². The van der Waals surface area contributed by atoms with Crippen molar-refractivity contribution in [3.05, 3.63) is 59.9 Å². The van der Waals surface area contributed by atoms with Crippen molar-refractivity contribution in [3.8, 4) is 28.9 Å². The Morgan fingerprint density at radius 3 is 2.59 bits per heavy atom. The number of methoxy groups -OCH3 is 1. The summed E-state index contributed by atoms with van der Waals surface area (Å²) in [6, 6.07) is 12.2. The molecule has 1 amide bonds. The first-order valence-corrected chi connectivity index (χ1v) is 10.6. The zero-order chi connectivity index (χ0) is 22.6. The minimum absolute atomic E-state index is 0.0144. The van der Waals surface area contributed by atoms with Crippen LogP contribution in [0.2, 0.25) is 0 Å². The van der Waals surface area contributed by atoms with Gasteiger partial charge in [-0.05, 0) is 42.7 Å². The number of amides is 1. The number of carbonyl (C=O) groups is 1. The maximum Gasteiger partial charge on any atom is 0.252 e. The number of pyridine rings is 1. The Morgan fingerprint density at radius 2 is 1.97 bits per heavy atom. The van der Waals surface area contributed by atoms with Crippen molar-refractivity contribution in [2.24, 2.45) is 5.41 Å². The fourth-order valence-corrected chi connectivity index (χ4v) is 4.26. The second-order valence-electron chi connectivity index (χ2n) is 8.21. The number of carbonyl (C=O) groups excluding carboxylic acids is 1. The summed E-state index contributed by atoms with van der Waals surface area (Å²) >= 11 is 0. The number of aromatic hydroxyl groups is 1. The molecule has 1 aliphatic rings. The third-order valence-electron chi connectivity index (χ3n) is 6.03. The molecule has 1 saturated carbocycles.